The molecule has 1 aliphatic carbocycles. The molecule has 7 nitrogen and oxygen atoms in total. The average Bonchev–Trinajstić information content (AvgIpc) is 3.24. The summed E-state index contributed by atoms with van der Waals surface area (Å²) in [7, 11) is 0. The summed E-state index contributed by atoms with van der Waals surface area (Å²) in [5.74, 6) is 2.79. The number of aromatic nitrogens is 5. The smallest absolute Gasteiger partial charge is 0.193 e. The van der Waals surface area contributed by atoms with E-state index in [1.165, 1.54) is 6.33 Å². The molecule has 0 aliphatic heterocycles. The predicted octanol–water partition coefficient (Wildman–Crippen LogP) is 4.20. The number of aromatic amines is 1. The molecular weight excluding hydrogens is 328 g/mol. The van der Waals surface area contributed by atoms with E-state index in [1.54, 1.807) is 0 Å². The first-order valence-corrected chi connectivity index (χ1v) is 8.65. The third kappa shape index (κ3) is 2.94. The molecular formula is C19H20N6O. The van der Waals surface area contributed by atoms with Gasteiger partial charge in [-0.05, 0) is 56.9 Å². The van der Waals surface area contributed by atoms with Gasteiger partial charge in [-0.15, -0.1) is 0 Å². The van der Waals surface area contributed by atoms with Gasteiger partial charge in [-0.3, -0.25) is 9.78 Å². The Hall–Kier alpha value is -3.14. The molecule has 1 fully saturated rings. The zero-order valence-electron chi connectivity index (χ0n) is 15.1. The Morgan fingerprint density at radius 3 is 2.58 bits per heavy atom. The molecule has 2 aromatic heterocycles. The van der Waals surface area contributed by atoms with Gasteiger partial charge in [-0.1, -0.05) is 0 Å². The number of benzene rings is 1. The van der Waals surface area contributed by atoms with Crippen molar-refractivity contribution in [2.45, 2.75) is 46.1 Å². The van der Waals surface area contributed by atoms with Crippen LogP contribution >= 0.6 is 0 Å². The molecule has 26 heavy (non-hydrogen) atoms. The van der Waals surface area contributed by atoms with Crippen LogP contribution in [-0.4, -0.2) is 25.0 Å². The van der Waals surface area contributed by atoms with Gasteiger partial charge in [0.05, 0.1) is 12.3 Å². The van der Waals surface area contributed by atoms with E-state index in [1.807, 2.05) is 37.6 Å². The topological polar surface area (TPSA) is 73.0 Å². The minimum absolute atomic E-state index is 0.462. The van der Waals surface area contributed by atoms with Crippen molar-refractivity contribution in [2.24, 2.45) is 0 Å². The van der Waals surface area contributed by atoms with Gasteiger partial charge < -0.3 is 4.74 Å². The zero-order valence-corrected chi connectivity index (χ0v) is 15.1. The average molecular weight is 348 g/mol. The number of ether oxygens (including phenoxy) is 1. The lowest BCUT2D eigenvalue weighted by Gasteiger charge is -2.11. The maximum absolute atomic E-state index is 7.30. The molecule has 0 spiro atoms. The Balaban J connectivity index is 1.70. The van der Waals surface area contributed by atoms with Crippen LogP contribution in [0.5, 0.6) is 11.5 Å². The minimum atomic E-state index is 0.462. The van der Waals surface area contributed by atoms with Crippen LogP contribution in [-0.2, 0) is 6.54 Å². The molecule has 0 saturated heterocycles. The lowest BCUT2D eigenvalue weighted by atomic mass is 10.1. The molecule has 1 aliphatic rings. The van der Waals surface area contributed by atoms with Crippen LogP contribution in [0.3, 0.4) is 0 Å². The van der Waals surface area contributed by atoms with Crippen molar-refractivity contribution in [3.05, 3.63) is 58.2 Å². The number of nitrogens with one attached hydrogen (secondary N) is 1. The van der Waals surface area contributed by atoms with Crippen molar-refractivity contribution >= 4 is 5.69 Å². The van der Waals surface area contributed by atoms with Gasteiger partial charge in [0.25, 0.3) is 0 Å². The van der Waals surface area contributed by atoms with Crippen LogP contribution in [0, 0.1) is 27.3 Å². The standard InChI is InChI=1S/C19H20N6O/c1-11-7-15(8-12(2)17(11)20-4)26-19-13(3)25(9-16-21-10-22-23-16)24-18(19)14-5-6-14/h7-8,10,14H,5-6,9H2,1-3H3,(H,21,22,23). The van der Waals surface area contributed by atoms with Crippen LogP contribution in [0.15, 0.2) is 18.5 Å². The van der Waals surface area contributed by atoms with Crippen LogP contribution < -0.4 is 4.74 Å². The van der Waals surface area contributed by atoms with Gasteiger partial charge >= 0.3 is 0 Å². The highest BCUT2D eigenvalue weighted by Crippen LogP contribution is 2.46. The SMILES string of the molecule is [C-]#[N+]c1c(C)cc(Oc2c(C3CC3)nn(Cc3ncn[nH]3)c2C)cc1C. The first-order chi connectivity index (χ1) is 12.6. The number of hydrogen-bond donors (Lipinski definition) is 1. The van der Waals surface area contributed by atoms with Gasteiger partial charge in [-0.2, -0.15) is 10.2 Å². The second kappa shape index (κ2) is 6.30. The Bertz CT molecular complexity index is 969. The van der Waals surface area contributed by atoms with E-state index in [4.69, 9.17) is 16.4 Å². The second-order valence-electron chi connectivity index (χ2n) is 6.78. The zero-order chi connectivity index (χ0) is 18.3. The molecule has 0 radical (unpaired) electrons. The minimum Gasteiger partial charge on any atom is -0.454 e. The number of nitrogens with zero attached hydrogens (tertiary/aromatic N) is 5. The fourth-order valence-electron chi connectivity index (χ4n) is 3.18. The molecule has 7 heteroatoms. The summed E-state index contributed by atoms with van der Waals surface area (Å²) in [5, 5.41) is 11.5. The lowest BCUT2D eigenvalue weighted by molar-refractivity contribution is 0.470. The van der Waals surface area contributed by atoms with Crippen molar-refractivity contribution in [1.82, 2.24) is 25.0 Å². The van der Waals surface area contributed by atoms with Crippen molar-refractivity contribution in [2.75, 3.05) is 0 Å². The van der Waals surface area contributed by atoms with Crippen LogP contribution in [0.25, 0.3) is 4.85 Å². The molecule has 132 valence electrons. The van der Waals surface area contributed by atoms with Gasteiger partial charge in [0.1, 0.15) is 30.1 Å². The fourth-order valence-corrected chi connectivity index (χ4v) is 3.18. The Morgan fingerprint density at radius 1 is 1.27 bits per heavy atom. The first-order valence-electron chi connectivity index (χ1n) is 8.65. The number of H-pyrrole nitrogens is 1. The monoisotopic (exact) mass is 348 g/mol. The number of rotatable bonds is 5. The Labute approximate surface area is 151 Å². The van der Waals surface area contributed by atoms with Crippen molar-refractivity contribution in [3.63, 3.8) is 0 Å². The Morgan fingerprint density at radius 2 is 2.00 bits per heavy atom. The fraction of sp³-hybridized carbons (Fsp3) is 0.368. The van der Waals surface area contributed by atoms with E-state index < -0.39 is 0 Å². The maximum atomic E-state index is 7.30. The van der Waals surface area contributed by atoms with Gasteiger partial charge in [-0.25, -0.2) is 9.83 Å². The lowest BCUT2D eigenvalue weighted by Crippen LogP contribution is -2.05. The van der Waals surface area contributed by atoms with E-state index in [0.717, 1.165) is 52.7 Å². The summed E-state index contributed by atoms with van der Waals surface area (Å²) < 4.78 is 8.18. The van der Waals surface area contributed by atoms with E-state index in [2.05, 4.69) is 20.0 Å². The molecule has 1 aromatic carbocycles. The molecule has 2 heterocycles. The van der Waals surface area contributed by atoms with Gasteiger partial charge in [0.15, 0.2) is 11.4 Å². The van der Waals surface area contributed by atoms with Gasteiger partial charge in [0.2, 0.25) is 0 Å². The van der Waals surface area contributed by atoms with Crippen molar-refractivity contribution in [1.29, 1.82) is 0 Å². The van der Waals surface area contributed by atoms with E-state index in [-0.39, 0.29) is 0 Å². The van der Waals surface area contributed by atoms with Crippen molar-refractivity contribution in [3.8, 4) is 11.5 Å². The van der Waals surface area contributed by atoms with E-state index in [0.29, 0.717) is 18.2 Å². The molecule has 0 bridgehead atoms. The third-order valence-corrected chi connectivity index (χ3v) is 4.70. The highest BCUT2D eigenvalue weighted by Gasteiger charge is 2.32. The van der Waals surface area contributed by atoms with Crippen LogP contribution in [0.2, 0.25) is 0 Å². The normalized spacial score (nSPS) is 13.6. The largest absolute Gasteiger partial charge is 0.454 e. The van der Waals surface area contributed by atoms with Gasteiger partial charge in [0, 0.05) is 5.92 Å². The number of hydrogen-bond acceptors (Lipinski definition) is 4. The summed E-state index contributed by atoms with van der Waals surface area (Å²) in [4.78, 5) is 7.78. The second-order valence-corrected chi connectivity index (χ2v) is 6.78. The van der Waals surface area contributed by atoms with E-state index in [9.17, 15) is 0 Å². The quantitative estimate of drug-likeness (QED) is 0.702. The molecule has 4 rings (SSSR count). The summed E-state index contributed by atoms with van der Waals surface area (Å²) in [6, 6.07) is 3.84. The number of aryl methyl sites for hydroxylation is 2. The summed E-state index contributed by atoms with van der Waals surface area (Å²) >= 11 is 0. The highest BCUT2D eigenvalue weighted by molar-refractivity contribution is 5.61. The maximum Gasteiger partial charge on any atom is 0.193 e. The highest BCUT2D eigenvalue weighted by atomic mass is 16.5. The summed E-state index contributed by atoms with van der Waals surface area (Å²) in [6.07, 6.45) is 3.78. The molecule has 1 saturated carbocycles. The van der Waals surface area contributed by atoms with Crippen LogP contribution in [0.1, 0.15) is 47.1 Å². The third-order valence-electron chi connectivity index (χ3n) is 4.70. The molecule has 0 unspecified atom stereocenters. The van der Waals surface area contributed by atoms with Crippen LogP contribution in [0.4, 0.5) is 5.69 Å². The predicted molar refractivity (Wildman–Crippen MR) is 96.7 cm³/mol. The summed E-state index contributed by atoms with van der Waals surface area (Å²) in [6.45, 7) is 13.7. The summed E-state index contributed by atoms with van der Waals surface area (Å²) in [5.41, 5.74) is 4.52. The molecule has 0 amide bonds. The van der Waals surface area contributed by atoms with Crippen molar-refractivity contribution < 1.29 is 4.74 Å². The first kappa shape index (κ1) is 16.3. The van der Waals surface area contributed by atoms with E-state index >= 15 is 0 Å². The molecule has 0 atom stereocenters. The molecule has 1 N–H and O–H groups in total. The Kier molecular flexibility index (Phi) is 3.96. The molecule has 3 aromatic rings.